The third-order valence-electron chi connectivity index (χ3n) is 3.15. The molecule has 0 amide bonds. The van der Waals surface area contributed by atoms with Crippen LogP contribution in [0, 0.1) is 39.0 Å². The molecule has 1 aromatic carbocycles. The van der Waals surface area contributed by atoms with E-state index in [0.717, 1.165) is 16.3 Å². The van der Waals surface area contributed by atoms with E-state index in [9.17, 15) is 0 Å². The first-order valence-electron chi connectivity index (χ1n) is 5.49. The minimum Gasteiger partial charge on any atom is -0.240 e. The molecule has 1 heterocycles. The molecule has 3 heteroatoms. The van der Waals surface area contributed by atoms with Gasteiger partial charge >= 0.3 is 0 Å². The van der Waals surface area contributed by atoms with Gasteiger partial charge in [-0.2, -0.15) is 5.26 Å². The van der Waals surface area contributed by atoms with Gasteiger partial charge in [0.15, 0.2) is 0 Å². The SMILES string of the molecule is Cc1nc(-c2ccc(C)c(C)c2C)c(C#N)s1. The third-order valence-corrected chi connectivity index (χ3v) is 4.02. The molecule has 86 valence electrons. The molecular weight excluding hydrogens is 228 g/mol. The molecule has 2 rings (SSSR count). The van der Waals surface area contributed by atoms with Crippen molar-refractivity contribution < 1.29 is 0 Å². The van der Waals surface area contributed by atoms with Crippen molar-refractivity contribution in [2.75, 3.05) is 0 Å². The number of nitrogens with zero attached hydrogens (tertiary/aromatic N) is 2. The zero-order valence-electron chi connectivity index (χ0n) is 10.5. The van der Waals surface area contributed by atoms with Crippen molar-refractivity contribution in [2.24, 2.45) is 0 Å². The second-order valence-electron chi connectivity index (χ2n) is 4.20. The molecule has 0 aliphatic heterocycles. The van der Waals surface area contributed by atoms with E-state index in [1.165, 1.54) is 28.0 Å². The number of aromatic nitrogens is 1. The van der Waals surface area contributed by atoms with Crippen LogP contribution in [-0.4, -0.2) is 4.98 Å². The zero-order chi connectivity index (χ0) is 12.6. The fourth-order valence-corrected chi connectivity index (χ4v) is 2.63. The van der Waals surface area contributed by atoms with Crippen molar-refractivity contribution in [2.45, 2.75) is 27.7 Å². The highest BCUT2D eigenvalue weighted by Gasteiger charge is 2.14. The normalized spacial score (nSPS) is 10.3. The summed E-state index contributed by atoms with van der Waals surface area (Å²) in [5.41, 5.74) is 5.67. The fourth-order valence-electron chi connectivity index (χ4n) is 1.90. The van der Waals surface area contributed by atoms with Crippen LogP contribution in [0.3, 0.4) is 0 Å². The van der Waals surface area contributed by atoms with E-state index >= 15 is 0 Å². The van der Waals surface area contributed by atoms with Crippen LogP contribution in [-0.2, 0) is 0 Å². The maximum atomic E-state index is 9.13. The van der Waals surface area contributed by atoms with Crippen molar-refractivity contribution in [1.82, 2.24) is 4.98 Å². The van der Waals surface area contributed by atoms with Gasteiger partial charge in [0.1, 0.15) is 10.9 Å². The van der Waals surface area contributed by atoms with Gasteiger partial charge in [0, 0.05) is 5.56 Å². The largest absolute Gasteiger partial charge is 0.240 e. The molecule has 0 unspecified atom stereocenters. The summed E-state index contributed by atoms with van der Waals surface area (Å²) in [6.07, 6.45) is 0. The van der Waals surface area contributed by atoms with Crippen LogP contribution in [0.15, 0.2) is 12.1 Å². The Bertz CT molecular complexity index is 618. The summed E-state index contributed by atoms with van der Waals surface area (Å²) in [6.45, 7) is 8.24. The highest BCUT2D eigenvalue weighted by Crippen LogP contribution is 2.31. The molecular formula is C14H14N2S. The lowest BCUT2D eigenvalue weighted by Gasteiger charge is -2.09. The number of nitriles is 1. The van der Waals surface area contributed by atoms with Gasteiger partial charge in [-0.3, -0.25) is 0 Å². The van der Waals surface area contributed by atoms with E-state index < -0.39 is 0 Å². The zero-order valence-corrected chi connectivity index (χ0v) is 11.3. The number of hydrogen-bond acceptors (Lipinski definition) is 3. The first-order valence-corrected chi connectivity index (χ1v) is 6.31. The van der Waals surface area contributed by atoms with Crippen molar-refractivity contribution in [3.8, 4) is 17.3 Å². The third kappa shape index (κ3) is 1.96. The molecule has 0 atom stereocenters. The average Bonchev–Trinajstić information content (AvgIpc) is 2.67. The Balaban J connectivity index is 2.69. The van der Waals surface area contributed by atoms with Crippen molar-refractivity contribution in [3.63, 3.8) is 0 Å². The Kier molecular flexibility index (Phi) is 2.99. The molecule has 2 nitrogen and oxygen atoms in total. The van der Waals surface area contributed by atoms with Crippen LogP contribution in [0.1, 0.15) is 26.6 Å². The summed E-state index contributed by atoms with van der Waals surface area (Å²) >= 11 is 1.46. The van der Waals surface area contributed by atoms with Gasteiger partial charge in [-0.25, -0.2) is 4.98 Å². The van der Waals surface area contributed by atoms with Gasteiger partial charge < -0.3 is 0 Å². The predicted molar refractivity (Wildman–Crippen MR) is 71.2 cm³/mol. The molecule has 0 saturated heterocycles. The molecule has 0 spiro atoms. The topological polar surface area (TPSA) is 36.7 Å². The maximum Gasteiger partial charge on any atom is 0.132 e. The summed E-state index contributed by atoms with van der Waals surface area (Å²) in [6, 6.07) is 6.39. The van der Waals surface area contributed by atoms with Gasteiger partial charge in [-0.05, 0) is 44.4 Å². The standard InChI is InChI=1S/C14H14N2S/c1-8-5-6-12(10(3)9(8)2)14-13(7-15)17-11(4)16-14/h5-6H,1-4H3. The molecule has 0 N–H and O–H groups in total. The number of rotatable bonds is 1. The lowest BCUT2D eigenvalue weighted by atomic mass is 9.97. The van der Waals surface area contributed by atoms with E-state index in [1.807, 2.05) is 6.92 Å². The highest BCUT2D eigenvalue weighted by atomic mass is 32.1. The maximum absolute atomic E-state index is 9.13. The van der Waals surface area contributed by atoms with Crippen LogP contribution in [0.2, 0.25) is 0 Å². The van der Waals surface area contributed by atoms with E-state index in [-0.39, 0.29) is 0 Å². The summed E-state index contributed by atoms with van der Waals surface area (Å²) in [5, 5.41) is 10.1. The van der Waals surface area contributed by atoms with Gasteiger partial charge in [-0.1, -0.05) is 12.1 Å². The van der Waals surface area contributed by atoms with Crippen molar-refractivity contribution >= 4 is 11.3 Å². The molecule has 0 bridgehead atoms. The number of aryl methyl sites for hydroxylation is 2. The molecule has 0 radical (unpaired) electrons. The van der Waals surface area contributed by atoms with E-state index in [4.69, 9.17) is 5.26 Å². The molecule has 0 aliphatic carbocycles. The molecule has 1 aromatic heterocycles. The number of benzene rings is 1. The van der Waals surface area contributed by atoms with E-state index in [1.54, 1.807) is 0 Å². The average molecular weight is 242 g/mol. The molecule has 17 heavy (non-hydrogen) atoms. The molecule has 0 aliphatic rings. The fraction of sp³-hybridized carbons (Fsp3) is 0.286. The summed E-state index contributed by atoms with van der Waals surface area (Å²) in [7, 11) is 0. The Morgan fingerprint density at radius 1 is 1.12 bits per heavy atom. The summed E-state index contributed by atoms with van der Waals surface area (Å²) in [4.78, 5) is 5.18. The lowest BCUT2D eigenvalue weighted by Crippen LogP contribution is -1.92. The molecule has 0 fully saturated rings. The van der Waals surface area contributed by atoms with Crippen molar-refractivity contribution in [3.05, 3.63) is 38.7 Å². The Labute approximate surface area is 106 Å². The minimum absolute atomic E-state index is 0.703. The monoisotopic (exact) mass is 242 g/mol. The first kappa shape index (κ1) is 11.8. The lowest BCUT2D eigenvalue weighted by molar-refractivity contribution is 1.23. The van der Waals surface area contributed by atoms with Crippen LogP contribution < -0.4 is 0 Å². The van der Waals surface area contributed by atoms with Gasteiger partial charge in [0.2, 0.25) is 0 Å². The van der Waals surface area contributed by atoms with Crippen molar-refractivity contribution in [1.29, 1.82) is 5.26 Å². The highest BCUT2D eigenvalue weighted by molar-refractivity contribution is 7.12. The van der Waals surface area contributed by atoms with Crippen LogP contribution in [0.25, 0.3) is 11.3 Å². The molecule has 2 aromatic rings. The first-order chi connectivity index (χ1) is 8.04. The number of hydrogen-bond donors (Lipinski definition) is 0. The minimum atomic E-state index is 0.703. The van der Waals surface area contributed by atoms with E-state index in [0.29, 0.717) is 4.88 Å². The second kappa shape index (κ2) is 4.31. The Morgan fingerprint density at radius 3 is 2.47 bits per heavy atom. The summed E-state index contributed by atoms with van der Waals surface area (Å²) < 4.78 is 0. The van der Waals surface area contributed by atoms with Crippen LogP contribution >= 0.6 is 11.3 Å². The van der Waals surface area contributed by atoms with Gasteiger partial charge in [0.25, 0.3) is 0 Å². The van der Waals surface area contributed by atoms with Gasteiger partial charge in [0.05, 0.1) is 10.7 Å². The van der Waals surface area contributed by atoms with Crippen LogP contribution in [0.4, 0.5) is 0 Å². The Hall–Kier alpha value is -1.66. The predicted octanol–water partition coefficient (Wildman–Crippen LogP) is 3.92. The smallest absolute Gasteiger partial charge is 0.132 e. The van der Waals surface area contributed by atoms with Crippen LogP contribution in [0.5, 0.6) is 0 Å². The summed E-state index contributed by atoms with van der Waals surface area (Å²) in [5.74, 6) is 0. The quantitative estimate of drug-likeness (QED) is 0.760. The van der Waals surface area contributed by atoms with E-state index in [2.05, 4.69) is 44.0 Å². The van der Waals surface area contributed by atoms with Gasteiger partial charge in [-0.15, -0.1) is 11.3 Å². The molecule has 0 saturated carbocycles. The second-order valence-corrected chi connectivity index (χ2v) is 5.41. The number of thiazole rings is 1. The Morgan fingerprint density at radius 2 is 1.82 bits per heavy atom.